The Morgan fingerprint density at radius 2 is 1.90 bits per heavy atom. The van der Waals surface area contributed by atoms with E-state index in [-0.39, 0.29) is 17.7 Å². The molecule has 4 nitrogen and oxygen atoms in total. The van der Waals surface area contributed by atoms with Gasteiger partial charge >= 0.3 is 5.97 Å². The first-order valence-corrected chi connectivity index (χ1v) is 5.80. The van der Waals surface area contributed by atoms with Crippen molar-refractivity contribution in [1.82, 2.24) is 4.98 Å². The highest BCUT2D eigenvalue weighted by atomic mass is 19.1. The number of esters is 1. The molecule has 0 atom stereocenters. The number of benzene rings is 1. The maximum Gasteiger partial charge on any atom is 0.340 e. The number of carbonyl (C=O) groups excluding carboxylic acids is 1. The fourth-order valence-corrected chi connectivity index (χ4v) is 1.68. The van der Waals surface area contributed by atoms with E-state index in [4.69, 9.17) is 10.5 Å². The molecular weight excluding hydrogens is 266 g/mol. The second-order valence-corrected chi connectivity index (χ2v) is 4.26. The topological polar surface area (TPSA) is 65.2 Å². The molecule has 0 fully saturated rings. The molecule has 0 amide bonds. The lowest BCUT2D eigenvalue weighted by molar-refractivity contribution is 0.0470. The summed E-state index contributed by atoms with van der Waals surface area (Å²) in [5.74, 6) is -2.09. The number of nitrogens with zero attached hydrogens (tertiary/aromatic N) is 1. The van der Waals surface area contributed by atoms with E-state index in [0.717, 1.165) is 18.2 Å². The summed E-state index contributed by atoms with van der Waals surface area (Å²) >= 11 is 0. The van der Waals surface area contributed by atoms with Gasteiger partial charge in [-0.2, -0.15) is 0 Å². The van der Waals surface area contributed by atoms with Crippen molar-refractivity contribution in [1.29, 1.82) is 0 Å². The van der Waals surface area contributed by atoms with Crippen LogP contribution in [0, 0.1) is 18.6 Å². The van der Waals surface area contributed by atoms with Gasteiger partial charge in [-0.1, -0.05) is 0 Å². The van der Waals surface area contributed by atoms with Crippen molar-refractivity contribution in [2.24, 2.45) is 0 Å². The largest absolute Gasteiger partial charge is 0.457 e. The number of nitrogen functional groups attached to an aromatic ring is 1. The van der Waals surface area contributed by atoms with Gasteiger partial charge in [0.25, 0.3) is 0 Å². The molecular formula is C14H12F2N2O2. The molecule has 0 aliphatic rings. The van der Waals surface area contributed by atoms with Gasteiger partial charge in [-0.05, 0) is 30.7 Å². The maximum atomic E-state index is 13.0. The van der Waals surface area contributed by atoms with Crippen LogP contribution in [0.5, 0.6) is 0 Å². The number of hydrogen-bond acceptors (Lipinski definition) is 4. The van der Waals surface area contributed by atoms with E-state index < -0.39 is 17.6 Å². The molecule has 0 bridgehead atoms. The molecule has 104 valence electrons. The van der Waals surface area contributed by atoms with Crippen molar-refractivity contribution in [2.45, 2.75) is 13.5 Å². The number of nitrogens with two attached hydrogens (primary N) is 1. The number of anilines is 1. The van der Waals surface area contributed by atoms with Gasteiger partial charge in [0.05, 0.1) is 23.1 Å². The summed E-state index contributed by atoms with van der Waals surface area (Å²) in [7, 11) is 0. The van der Waals surface area contributed by atoms with Crippen LogP contribution in [0.2, 0.25) is 0 Å². The van der Waals surface area contributed by atoms with Crippen LogP contribution in [0.15, 0.2) is 30.5 Å². The number of hydrogen-bond donors (Lipinski definition) is 1. The number of ether oxygens (including phenoxy) is 1. The van der Waals surface area contributed by atoms with Crippen LogP contribution >= 0.6 is 0 Å². The molecule has 1 aromatic heterocycles. The fourth-order valence-electron chi connectivity index (χ4n) is 1.68. The minimum Gasteiger partial charge on any atom is -0.457 e. The molecule has 1 aromatic carbocycles. The van der Waals surface area contributed by atoms with Crippen molar-refractivity contribution >= 4 is 11.7 Å². The Bertz CT molecular complexity index is 639. The van der Waals surface area contributed by atoms with E-state index in [1.54, 1.807) is 6.92 Å². The molecule has 0 unspecified atom stereocenters. The van der Waals surface area contributed by atoms with E-state index in [1.165, 1.54) is 12.3 Å². The molecule has 0 aliphatic carbocycles. The monoisotopic (exact) mass is 278 g/mol. The van der Waals surface area contributed by atoms with Crippen LogP contribution in [0.4, 0.5) is 14.5 Å². The van der Waals surface area contributed by atoms with E-state index in [2.05, 4.69) is 4.98 Å². The van der Waals surface area contributed by atoms with Gasteiger partial charge in [0.2, 0.25) is 0 Å². The summed E-state index contributed by atoms with van der Waals surface area (Å²) in [5.41, 5.74) is 6.79. The second kappa shape index (κ2) is 5.64. The maximum absolute atomic E-state index is 13.0. The number of halogens is 2. The van der Waals surface area contributed by atoms with E-state index >= 15 is 0 Å². The van der Waals surface area contributed by atoms with E-state index in [0.29, 0.717) is 11.4 Å². The smallest absolute Gasteiger partial charge is 0.340 e. The van der Waals surface area contributed by atoms with Crippen molar-refractivity contribution in [3.05, 3.63) is 58.9 Å². The molecule has 0 saturated carbocycles. The van der Waals surface area contributed by atoms with Crippen molar-refractivity contribution < 1.29 is 18.3 Å². The zero-order valence-corrected chi connectivity index (χ0v) is 10.7. The number of pyridine rings is 1. The quantitative estimate of drug-likeness (QED) is 0.876. The predicted octanol–water partition coefficient (Wildman–Crippen LogP) is 2.61. The second-order valence-electron chi connectivity index (χ2n) is 4.26. The van der Waals surface area contributed by atoms with Crippen molar-refractivity contribution in [3.63, 3.8) is 0 Å². The van der Waals surface area contributed by atoms with Crippen molar-refractivity contribution in [2.75, 3.05) is 5.73 Å². The summed E-state index contributed by atoms with van der Waals surface area (Å²) in [5, 5.41) is 0. The van der Waals surface area contributed by atoms with Gasteiger partial charge in [-0.15, -0.1) is 0 Å². The van der Waals surface area contributed by atoms with Crippen LogP contribution in [0.1, 0.15) is 21.6 Å². The number of carbonyl (C=O) groups is 1. The summed E-state index contributed by atoms with van der Waals surface area (Å²) in [6, 6.07) is 4.38. The Balaban J connectivity index is 2.10. The Kier molecular flexibility index (Phi) is 3.93. The number of rotatable bonds is 3. The van der Waals surface area contributed by atoms with Gasteiger partial charge in [-0.25, -0.2) is 13.6 Å². The third-order valence-corrected chi connectivity index (χ3v) is 2.62. The summed E-state index contributed by atoms with van der Waals surface area (Å²) in [6.07, 6.45) is 1.42. The number of aryl methyl sites for hydroxylation is 1. The molecule has 0 spiro atoms. The lowest BCUT2D eigenvalue weighted by atomic mass is 10.2. The van der Waals surface area contributed by atoms with Crippen LogP contribution in [0.3, 0.4) is 0 Å². The van der Waals surface area contributed by atoms with E-state index in [9.17, 15) is 13.6 Å². The third-order valence-electron chi connectivity index (χ3n) is 2.62. The predicted molar refractivity (Wildman–Crippen MR) is 68.9 cm³/mol. The molecule has 0 saturated heterocycles. The molecule has 1 heterocycles. The Morgan fingerprint density at radius 3 is 2.55 bits per heavy atom. The summed E-state index contributed by atoms with van der Waals surface area (Å²) < 4.78 is 31.0. The zero-order valence-electron chi connectivity index (χ0n) is 10.7. The number of aromatic nitrogens is 1. The van der Waals surface area contributed by atoms with Gasteiger partial charge in [0.15, 0.2) is 0 Å². The highest BCUT2D eigenvalue weighted by Crippen LogP contribution is 2.13. The lowest BCUT2D eigenvalue weighted by Crippen LogP contribution is -2.09. The first-order chi connectivity index (χ1) is 9.45. The zero-order chi connectivity index (χ0) is 14.7. The molecule has 0 aliphatic heterocycles. The molecule has 6 heteroatoms. The summed E-state index contributed by atoms with van der Waals surface area (Å²) in [4.78, 5) is 15.8. The Labute approximate surface area is 114 Å². The minimum atomic E-state index is -0.724. The Morgan fingerprint density at radius 1 is 1.25 bits per heavy atom. The standard InChI is InChI=1S/C14H12F2N2O2/c1-8-13(5-12(17)6-18-8)14(19)20-7-9-2-10(15)4-11(16)3-9/h2-6H,7,17H2,1H3. The van der Waals surface area contributed by atoms with Gasteiger partial charge in [0, 0.05) is 6.07 Å². The molecule has 2 N–H and O–H groups in total. The van der Waals surface area contributed by atoms with Gasteiger partial charge in [-0.3, -0.25) is 4.98 Å². The normalized spacial score (nSPS) is 10.3. The molecule has 0 radical (unpaired) electrons. The highest BCUT2D eigenvalue weighted by molar-refractivity contribution is 5.91. The molecule has 20 heavy (non-hydrogen) atoms. The average Bonchev–Trinajstić information content (AvgIpc) is 2.38. The third kappa shape index (κ3) is 3.28. The van der Waals surface area contributed by atoms with Crippen LogP contribution in [0.25, 0.3) is 0 Å². The SMILES string of the molecule is Cc1ncc(N)cc1C(=O)OCc1cc(F)cc(F)c1. The Hall–Kier alpha value is -2.50. The van der Waals surface area contributed by atoms with Crippen LogP contribution < -0.4 is 5.73 Å². The first kappa shape index (κ1) is 13.9. The van der Waals surface area contributed by atoms with E-state index in [1.807, 2.05) is 0 Å². The van der Waals surface area contributed by atoms with Crippen LogP contribution in [-0.2, 0) is 11.3 Å². The highest BCUT2D eigenvalue weighted by Gasteiger charge is 2.12. The fraction of sp³-hybridized carbons (Fsp3) is 0.143. The first-order valence-electron chi connectivity index (χ1n) is 5.80. The van der Waals surface area contributed by atoms with Gasteiger partial charge in [0.1, 0.15) is 18.2 Å². The van der Waals surface area contributed by atoms with Crippen LogP contribution in [-0.4, -0.2) is 11.0 Å². The van der Waals surface area contributed by atoms with Crippen molar-refractivity contribution in [3.8, 4) is 0 Å². The minimum absolute atomic E-state index is 0.224. The molecule has 2 rings (SSSR count). The lowest BCUT2D eigenvalue weighted by Gasteiger charge is -2.07. The molecule has 2 aromatic rings. The van der Waals surface area contributed by atoms with Gasteiger partial charge < -0.3 is 10.5 Å². The summed E-state index contributed by atoms with van der Waals surface area (Å²) in [6.45, 7) is 1.40. The average molecular weight is 278 g/mol.